The van der Waals surface area contributed by atoms with Crippen molar-refractivity contribution in [1.82, 2.24) is 19.3 Å². The molecule has 0 aliphatic rings. The van der Waals surface area contributed by atoms with Gasteiger partial charge in [-0.1, -0.05) is 24.3 Å². The number of pyridine rings is 2. The largest absolute Gasteiger partial charge is 0.497 e. The molecule has 0 radical (unpaired) electrons. The number of nitrogens with zero attached hydrogens (tertiary/aromatic N) is 3. The van der Waals surface area contributed by atoms with Gasteiger partial charge >= 0.3 is 0 Å². The summed E-state index contributed by atoms with van der Waals surface area (Å²) in [6.45, 7) is 5.99. The molecule has 3 heterocycles. The molecule has 0 aliphatic heterocycles. The maximum atomic E-state index is 13.3. The molecule has 0 fully saturated rings. The van der Waals surface area contributed by atoms with E-state index < -0.39 is 5.91 Å². The van der Waals surface area contributed by atoms with E-state index in [1.807, 2.05) is 37.3 Å². The van der Waals surface area contributed by atoms with Crippen molar-refractivity contribution in [3.63, 3.8) is 0 Å². The molecular weight excluding hydrogens is 406 g/mol. The number of carbonyl (C=O) groups excluding carboxylic acids is 1. The summed E-state index contributed by atoms with van der Waals surface area (Å²) in [6.07, 6.45) is 3.21. The van der Waals surface area contributed by atoms with E-state index in [-0.39, 0.29) is 35.1 Å². The van der Waals surface area contributed by atoms with Gasteiger partial charge in [0.05, 0.1) is 24.6 Å². The Bertz CT molecular complexity index is 1470. The van der Waals surface area contributed by atoms with Crippen molar-refractivity contribution in [1.29, 1.82) is 5.41 Å². The van der Waals surface area contributed by atoms with Gasteiger partial charge in [-0.25, -0.2) is 4.98 Å². The van der Waals surface area contributed by atoms with E-state index in [1.54, 1.807) is 30.0 Å². The van der Waals surface area contributed by atoms with Crippen LogP contribution in [0.2, 0.25) is 0 Å². The second-order valence-electron chi connectivity index (χ2n) is 7.38. The fourth-order valence-electron chi connectivity index (χ4n) is 3.60. The molecule has 0 saturated carbocycles. The number of rotatable bonds is 6. The van der Waals surface area contributed by atoms with Crippen molar-refractivity contribution in [3.05, 3.63) is 93.8 Å². The van der Waals surface area contributed by atoms with Gasteiger partial charge in [0.25, 0.3) is 11.5 Å². The Morgan fingerprint density at radius 1 is 1.25 bits per heavy atom. The van der Waals surface area contributed by atoms with Crippen LogP contribution in [-0.2, 0) is 6.54 Å². The number of nitrogens with one attached hydrogen (secondary N) is 2. The summed E-state index contributed by atoms with van der Waals surface area (Å²) in [5, 5.41) is 11.7. The Morgan fingerprint density at radius 2 is 2.00 bits per heavy atom. The zero-order valence-corrected chi connectivity index (χ0v) is 17.9. The first-order valence-electron chi connectivity index (χ1n) is 10.1. The smallest absolute Gasteiger partial charge is 0.267 e. The predicted molar refractivity (Wildman–Crippen MR) is 122 cm³/mol. The second-order valence-corrected chi connectivity index (χ2v) is 7.38. The van der Waals surface area contributed by atoms with Gasteiger partial charge in [0, 0.05) is 12.7 Å². The van der Waals surface area contributed by atoms with Crippen molar-refractivity contribution in [2.75, 3.05) is 13.7 Å². The van der Waals surface area contributed by atoms with Crippen molar-refractivity contribution in [2.45, 2.75) is 13.5 Å². The molecular formula is C24H23N5O3. The molecule has 3 aromatic heterocycles. The van der Waals surface area contributed by atoms with Crippen molar-refractivity contribution in [3.8, 4) is 5.75 Å². The van der Waals surface area contributed by atoms with E-state index in [9.17, 15) is 9.59 Å². The minimum Gasteiger partial charge on any atom is -0.497 e. The fourth-order valence-corrected chi connectivity index (χ4v) is 3.60. The molecule has 8 nitrogen and oxygen atoms in total. The molecule has 162 valence electrons. The van der Waals surface area contributed by atoms with Crippen LogP contribution in [0.5, 0.6) is 5.75 Å². The van der Waals surface area contributed by atoms with Crippen LogP contribution >= 0.6 is 0 Å². The van der Waals surface area contributed by atoms with Crippen LogP contribution in [0.4, 0.5) is 0 Å². The number of hydrogen-bond donors (Lipinski definition) is 2. The van der Waals surface area contributed by atoms with Crippen molar-refractivity contribution < 1.29 is 9.53 Å². The second kappa shape index (κ2) is 8.50. The monoisotopic (exact) mass is 429 g/mol. The van der Waals surface area contributed by atoms with Crippen LogP contribution in [0.25, 0.3) is 16.7 Å². The molecule has 0 saturated heterocycles. The first-order valence-corrected chi connectivity index (χ1v) is 10.1. The Kier molecular flexibility index (Phi) is 5.59. The number of benzene rings is 1. The molecule has 32 heavy (non-hydrogen) atoms. The number of amides is 1. The summed E-state index contributed by atoms with van der Waals surface area (Å²) < 4.78 is 8.27. The molecule has 4 aromatic rings. The molecule has 0 atom stereocenters. The Morgan fingerprint density at radius 3 is 2.69 bits per heavy atom. The van der Waals surface area contributed by atoms with Crippen molar-refractivity contribution in [2.24, 2.45) is 0 Å². The normalized spacial score (nSPS) is 10.9. The SMILES string of the molecule is C=CCNC(=O)c1cc2c(=O)n3cccc(C)c3nc2n(Cc2ccc(OC)cc2)c1=N. The summed E-state index contributed by atoms with van der Waals surface area (Å²) in [5.74, 6) is 0.263. The summed E-state index contributed by atoms with van der Waals surface area (Å²) in [6, 6.07) is 12.5. The summed E-state index contributed by atoms with van der Waals surface area (Å²) in [7, 11) is 1.59. The van der Waals surface area contributed by atoms with E-state index in [0.717, 1.165) is 11.1 Å². The maximum absolute atomic E-state index is 13.3. The van der Waals surface area contributed by atoms with Gasteiger partial charge in [0.1, 0.15) is 22.5 Å². The summed E-state index contributed by atoms with van der Waals surface area (Å²) >= 11 is 0. The molecule has 0 aliphatic carbocycles. The number of methoxy groups -OCH3 is 1. The minimum atomic E-state index is -0.450. The lowest BCUT2D eigenvalue weighted by Crippen LogP contribution is -2.35. The zero-order chi connectivity index (χ0) is 22.8. The Balaban J connectivity index is 2.01. The van der Waals surface area contributed by atoms with Gasteiger partial charge in [-0.3, -0.25) is 19.4 Å². The number of ether oxygens (including phenoxy) is 1. The lowest BCUT2D eigenvalue weighted by molar-refractivity contribution is 0.0955. The molecule has 1 aromatic carbocycles. The highest BCUT2D eigenvalue weighted by molar-refractivity contribution is 5.96. The van der Waals surface area contributed by atoms with E-state index in [1.165, 1.54) is 10.5 Å². The van der Waals surface area contributed by atoms with Crippen molar-refractivity contribution >= 4 is 22.6 Å². The van der Waals surface area contributed by atoms with Gasteiger partial charge in [-0.2, -0.15) is 0 Å². The van der Waals surface area contributed by atoms with E-state index in [4.69, 9.17) is 15.1 Å². The van der Waals surface area contributed by atoms with Crippen LogP contribution in [0.3, 0.4) is 0 Å². The highest BCUT2D eigenvalue weighted by Gasteiger charge is 2.18. The maximum Gasteiger partial charge on any atom is 0.267 e. The van der Waals surface area contributed by atoms with Crippen LogP contribution < -0.4 is 21.1 Å². The molecule has 0 bridgehead atoms. The van der Waals surface area contributed by atoms with Gasteiger partial charge in [0.2, 0.25) is 0 Å². The number of aromatic nitrogens is 3. The zero-order valence-electron chi connectivity index (χ0n) is 17.9. The van der Waals surface area contributed by atoms with Crippen LogP contribution in [0.1, 0.15) is 21.5 Å². The topological polar surface area (TPSA) is 101 Å². The standard InChI is InChI=1S/C24H23N5O3/c1-4-11-26-23(30)18-13-19-22(27-21-15(2)6-5-12-28(21)24(19)31)29(20(18)25)14-16-7-9-17(32-3)10-8-16/h4-10,12-13,25H,1,11,14H2,2-3H3,(H,26,30). The minimum absolute atomic E-state index is 0.0280. The fraction of sp³-hybridized carbons (Fsp3) is 0.167. The molecule has 0 spiro atoms. The molecule has 1 amide bonds. The van der Waals surface area contributed by atoms with Crippen LogP contribution in [0, 0.1) is 12.3 Å². The Hall–Kier alpha value is -4.20. The number of fused-ring (bicyclic) bond motifs is 2. The highest BCUT2D eigenvalue weighted by Crippen LogP contribution is 2.16. The third kappa shape index (κ3) is 3.66. The average Bonchev–Trinajstić information content (AvgIpc) is 2.80. The first-order chi connectivity index (χ1) is 15.4. The molecule has 0 unspecified atom stereocenters. The first kappa shape index (κ1) is 21.0. The van der Waals surface area contributed by atoms with E-state index in [2.05, 4.69) is 11.9 Å². The average molecular weight is 429 g/mol. The third-order valence-electron chi connectivity index (χ3n) is 5.28. The molecule has 2 N–H and O–H groups in total. The highest BCUT2D eigenvalue weighted by atomic mass is 16.5. The molecule has 8 heteroatoms. The molecule has 4 rings (SSSR count). The van der Waals surface area contributed by atoms with Gasteiger partial charge in [0.15, 0.2) is 0 Å². The third-order valence-corrected chi connectivity index (χ3v) is 5.28. The van der Waals surface area contributed by atoms with Crippen LogP contribution in [-0.4, -0.2) is 33.5 Å². The van der Waals surface area contributed by atoms with Gasteiger partial charge < -0.3 is 14.6 Å². The summed E-state index contributed by atoms with van der Waals surface area (Å²) in [4.78, 5) is 30.8. The number of hydrogen-bond acceptors (Lipinski definition) is 5. The predicted octanol–water partition coefficient (Wildman–Crippen LogP) is 2.41. The van der Waals surface area contributed by atoms with E-state index >= 15 is 0 Å². The van der Waals surface area contributed by atoms with Crippen LogP contribution in [0.15, 0.2) is 66.1 Å². The van der Waals surface area contributed by atoms with Gasteiger partial charge in [-0.15, -0.1) is 6.58 Å². The lowest BCUT2D eigenvalue weighted by atomic mass is 10.1. The number of aryl methyl sites for hydroxylation is 1. The Labute approximate surface area is 183 Å². The number of carbonyl (C=O) groups is 1. The van der Waals surface area contributed by atoms with E-state index in [0.29, 0.717) is 17.0 Å². The summed E-state index contributed by atoms with van der Waals surface area (Å²) in [5.41, 5.74) is 2.35. The quantitative estimate of drug-likeness (QED) is 0.363. The van der Waals surface area contributed by atoms with Gasteiger partial charge in [-0.05, 0) is 42.3 Å². The lowest BCUT2D eigenvalue weighted by Gasteiger charge is -2.15.